The molecule has 0 heterocycles. The van der Waals surface area contributed by atoms with E-state index in [0.29, 0.717) is 19.8 Å². The van der Waals surface area contributed by atoms with E-state index in [0.717, 1.165) is 0 Å². The molecule has 6 nitrogen and oxygen atoms in total. The zero-order valence-electron chi connectivity index (χ0n) is 16.4. The molecule has 0 aliphatic heterocycles. The molecule has 7 heteroatoms. The second-order valence-electron chi connectivity index (χ2n) is 7.33. The van der Waals surface area contributed by atoms with E-state index < -0.39 is 17.7 Å². The fraction of sp³-hybridized carbons (Fsp3) is 0.889. The van der Waals surface area contributed by atoms with E-state index in [4.69, 9.17) is 14.2 Å². The highest BCUT2D eigenvalue weighted by Crippen LogP contribution is 2.14. The Kier molecular flexibility index (Phi) is 11.8. The summed E-state index contributed by atoms with van der Waals surface area (Å²) >= 11 is 0. The molecule has 0 saturated carbocycles. The molecule has 0 aliphatic rings. The van der Waals surface area contributed by atoms with Gasteiger partial charge in [0.1, 0.15) is 12.8 Å². The predicted octanol–water partition coefficient (Wildman–Crippen LogP) is 2.15. The van der Waals surface area contributed by atoms with Crippen LogP contribution >= 0.6 is 0 Å². The number of rotatable bonds is 13. The molecule has 0 radical (unpaired) electrons. The minimum Gasteiger partial charge on any atom is -0.377 e. The Morgan fingerprint density at radius 2 is 1.56 bits per heavy atom. The molecule has 0 aromatic heterocycles. The maximum Gasteiger partial charge on any atom is 0.222 e. The molecule has 1 N–H and O–H groups in total. The second kappa shape index (κ2) is 12.3. The van der Waals surface area contributed by atoms with E-state index in [1.165, 1.54) is 0 Å². The number of amides is 1. The van der Waals surface area contributed by atoms with Gasteiger partial charge in [-0.05, 0) is 6.92 Å². The Hall–Kier alpha value is -1.05. The van der Waals surface area contributed by atoms with Crippen molar-refractivity contribution in [3.8, 4) is 0 Å². The molecule has 0 fully saturated rings. The summed E-state index contributed by atoms with van der Waals surface area (Å²) in [5.74, 6) is -0.302. The largest absolute Gasteiger partial charge is 0.377 e. The van der Waals surface area contributed by atoms with Crippen molar-refractivity contribution in [2.45, 2.75) is 53.8 Å². The third-order valence-corrected chi connectivity index (χ3v) is 3.56. The Labute approximate surface area is 150 Å². The number of nitrogens with one attached hydrogen (secondary N) is 1. The standard InChI is InChI=1S/C18H34FNO5/c1-13(2)17(22)20-11-15(19)14(3)25-10-9-23-7-8-24-12-16(21)18(4,5)6/h13-15H,7-12H2,1-6H3,(H,20,22). The first kappa shape index (κ1) is 23.9. The van der Waals surface area contributed by atoms with E-state index in [1.54, 1.807) is 20.8 Å². The lowest BCUT2D eigenvalue weighted by atomic mass is 9.91. The van der Waals surface area contributed by atoms with Gasteiger partial charge < -0.3 is 19.5 Å². The minimum absolute atomic E-state index is 0.0446. The first-order valence-corrected chi connectivity index (χ1v) is 8.77. The van der Waals surface area contributed by atoms with Gasteiger partial charge in [0.2, 0.25) is 5.91 Å². The van der Waals surface area contributed by atoms with Crippen LogP contribution in [0.3, 0.4) is 0 Å². The van der Waals surface area contributed by atoms with Gasteiger partial charge in [-0.1, -0.05) is 34.6 Å². The molecule has 0 saturated heterocycles. The van der Waals surface area contributed by atoms with Crippen LogP contribution in [-0.4, -0.2) is 63.5 Å². The Bertz CT molecular complexity index is 395. The zero-order valence-corrected chi connectivity index (χ0v) is 16.4. The van der Waals surface area contributed by atoms with Gasteiger partial charge >= 0.3 is 0 Å². The average molecular weight is 363 g/mol. The van der Waals surface area contributed by atoms with Gasteiger partial charge in [-0.25, -0.2) is 4.39 Å². The molecule has 0 rings (SSSR count). The first-order valence-electron chi connectivity index (χ1n) is 8.77. The van der Waals surface area contributed by atoms with Crippen LogP contribution in [0.5, 0.6) is 0 Å². The number of hydrogen-bond donors (Lipinski definition) is 1. The molecule has 0 aliphatic carbocycles. The van der Waals surface area contributed by atoms with Crippen LogP contribution in [-0.2, 0) is 23.8 Å². The first-order chi connectivity index (χ1) is 11.6. The molecule has 0 aromatic rings. The summed E-state index contributed by atoms with van der Waals surface area (Å²) in [6.07, 6.45) is -1.90. The summed E-state index contributed by atoms with van der Waals surface area (Å²) < 4.78 is 29.7. The van der Waals surface area contributed by atoms with E-state index in [9.17, 15) is 14.0 Å². The van der Waals surface area contributed by atoms with Crippen LogP contribution < -0.4 is 5.32 Å². The highest BCUT2D eigenvalue weighted by molar-refractivity contribution is 5.84. The predicted molar refractivity (Wildman–Crippen MR) is 94.3 cm³/mol. The minimum atomic E-state index is -1.27. The van der Waals surface area contributed by atoms with Crippen LogP contribution in [0.25, 0.3) is 0 Å². The van der Waals surface area contributed by atoms with Gasteiger partial charge in [-0.15, -0.1) is 0 Å². The number of ketones is 1. The van der Waals surface area contributed by atoms with Crippen LogP contribution in [0.1, 0.15) is 41.5 Å². The molecule has 0 spiro atoms. The number of carbonyl (C=O) groups is 2. The number of halogens is 1. The van der Waals surface area contributed by atoms with Gasteiger partial charge in [0.05, 0.1) is 39.1 Å². The van der Waals surface area contributed by atoms with Gasteiger partial charge in [0, 0.05) is 11.3 Å². The molecular formula is C18H34FNO5. The summed E-state index contributed by atoms with van der Waals surface area (Å²) in [7, 11) is 0. The second-order valence-corrected chi connectivity index (χ2v) is 7.33. The topological polar surface area (TPSA) is 73.9 Å². The van der Waals surface area contributed by atoms with Crippen molar-refractivity contribution in [1.29, 1.82) is 0 Å². The normalized spacial score (nSPS) is 14.4. The third-order valence-electron chi connectivity index (χ3n) is 3.56. The number of ether oxygens (including phenoxy) is 3. The third kappa shape index (κ3) is 12.0. The lowest BCUT2D eigenvalue weighted by Crippen LogP contribution is -2.38. The maximum absolute atomic E-state index is 13.8. The molecule has 1 amide bonds. The summed E-state index contributed by atoms with van der Waals surface area (Å²) in [4.78, 5) is 23.0. The molecule has 0 bridgehead atoms. The fourth-order valence-electron chi connectivity index (χ4n) is 1.57. The summed E-state index contributed by atoms with van der Waals surface area (Å²) in [6.45, 7) is 11.9. The Morgan fingerprint density at radius 3 is 2.12 bits per heavy atom. The van der Waals surface area contributed by atoms with Crippen molar-refractivity contribution in [3.63, 3.8) is 0 Å². The van der Waals surface area contributed by atoms with Crippen LogP contribution in [0.4, 0.5) is 4.39 Å². The number of Topliss-reactive ketones (excluding diaryl/α,β-unsaturated/α-hetero) is 1. The quantitative estimate of drug-likeness (QED) is 0.508. The Morgan fingerprint density at radius 1 is 1.00 bits per heavy atom. The molecule has 25 heavy (non-hydrogen) atoms. The Balaban J connectivity index is 3.61. The SMILES string of the molecule is CC(C)C(=O)NCC(F)C(C)OCCOCCOCC(=O)C(C)(C)C. The summed E-state index contributed by atoms with van der Waals surface area (Å²) in [5.41, 5.74) is -0.400. The highest BCUT2D eigenvalue weighted by atomic mass is 19.1. The smallest absolute Gasteiger partial charge is 0.222 e. The van der Waals surface area contributed by atoms with Crippen molar-refractivity contribution in [2.75, 3.05) is 39.6 Å². The highest BCUT2D eigenvalue weighted by Gasteiger charge is 2.21. The summed E-state index contributed by atoms with van der Waals surface area (Å²) in [5, 5.41) is 2.54. The van der Waals surface area contributed by atoms with Crippen molar-refractivity contribution >= 4 is 11.7 Å². The number of carbonyl (C=O) groups excluding carboxylic acids is 2. The van der Waals surface area contributed by atoms with E-state index >= 15 is 0 Å². The molecular weight excluding hydrogens is 329 g/mol. The zero-order chi connectivity index (χ0) is 19.5. The van der Waals surface area contributed by atoms with E-state index in [2.05, 4.69) is 5.32 Å². The fourth-order valence-corrected chi connectivity index (χ4v) is 1.57. The number of hydrogen-bond acceptors (Lipinski definition) is 5. The van der Waals surface area contributed by atoms with E-state index in [1.807, 2.05) is 20.8 Å². The van der Waals surface area contributed by atoms with Crippen LogP contribution in [0, 0.1) is 11.3 Å². The lowest BCUT2D eigenvalue weighted by Gasteiger charge is -2.19. The van der Waals surface area contributed by atoms with E-state index in [-0.39, 0.29) is 37.4 Å². The van der Waals surface area contributed by atoms with Gasteiger partial charge in [0.15, 0.2) is 5.78 Å². The number of alkyl halides is 1. The van der Waals surface area contributed by atoms with Crippen molar-refractivity contribution in [3.05, 3.63) is 0 Å². The van der Waals surface area contributed by atoms with Crippen LogP contribution in [0.15, 0.2) is 0 Å². The monoisotopic (exact) mass is 363 g/mol. The van der Waals surface area contributed by atoms with Crippen molar-refractivity contribution < 1.29 is 28.2 Å². The van der Waals surface area contributed by atoms with Gasteiger partial charge in [0.25, 0.3) is 0 Å². The summed E-state index contributed by atoms with van der Waals surface area (Å²) in [6, 6.07) is 0. The van der Waals surface area contributed by atoms with Crippen molar-refractivity contribution in [1.82, 2.24) is 5.32 Å². The molecule has 2 atom stereocenters. The maximum atomic E-state index is 13.8. The molecule has 148 valence electrons. The molecule has 0 aromatic carbocycles. The molecule has 2 unspecified atom stereocenters. The van der Waals surface area contributed by atoms with Crippen molar-refractivity contribution in [2.24, 2.45) is 11.3 Å². The van der Waals surface area contributed by atoms with Gasteiger partial charge in [-0.3, -0.25) is 9.59 Å². The van der Waals surface area contributed by atoms with Gasteiger partial charge in [-0.2, -0.15) is 0 Å². The van der Waals surface area contributed by atoms with Crippen LogP contribution in [0.2, 0.25) is 0 Å². The lowest BCUT2D eigenvalue weighted by molar-refractivity contribution is -0.131. The average Bonchev–Trinajstić information content (AvgIpc) is 2.52.